The third-order valence-corrected chi connectivity index (χ3v) is 6.75. The highest BCUT2D eigenvalue weighted by molar-refractivity contribution is 6.37. The Balaban J connectivity index is 1.39. The number of aryl methyl sites for hydroxylation is 1. The summed E-state index contributed by atoms with van der Waals surface area (Å²) in [5, 5.41) is 9.10. The maximum absolute atomic E-state index is 13.5. The number of hydrogen-bond acceptors (Lipinski definition) is 6. The number of halogens is 2. The minimum Gasteiger partial charge on any atom is -0.484 e. The molecule has 34 heavy (non-hydrogen) atoms. The third-order valence-electron chi connectivity index (χ3n) is 6.23. The summed E-state index contributed by atoms with van der Waals surface area (Å²) in [7, 11) is 0. The number of nitrogens with one attached hydrogen (secondary N) is 1. The zero-order valence-corrected chi connectivity index (χ0v) is 19.9. The predicted molar refractivity (Wildman–Crippen MR) is 130 cm³/mol. The number of amides is 1. The molecule has 0 unspecified atom stereocenters. The van der Waals surface area contributed by atoms with Crippen LogP contribution in [0.2, 0.25) is 10.2 Å². The molecule has 3 aromatic heterocycles. The molecule has 1 fully saturated rings. The highest BCUT2D eigenvalue weighted by atomic mass is 35.5. The van der Waals surface area contributed by atoms with Gasteiger partial charge in [-0.2, -0.15) is 0 Å². The molecule has 0 aliphatic heterocycles. The molecule has 1 aromatic carbocycles. The lowest BCUT2D eigenvalue weighted by Crippen LogP contribution is -2.42. The van der Waals surface area contributed by atoms with Crippen LogP contribution in [-0.2, 0) is 4.79 Å². The molecule has 0 bridgehead atoms. The van der Waals surface area contributed by atoms with Gasteiger partial charge >= 0.3 is 0 Å². The highest BCUT2D eigenvalue weighted by Crippen LogP contribution is 2.35. The van der Waals surface area contributed by atoms with E-state index in [-0.39, 0.29) is 30.2 Å². The van der Waals surface area contributed by atoms with Crippen molar-refractivity contribution in [3.8, 4) is 5.75 Å². The van der Waals surface area contributed by atoms with Gasteiger partial charge in [-0.15, -0.1) is 0 Å². The number of ether oxygens (including phenoxy) is 1. The first kappa shape index (κ1) is 22.7. The topological polar surface area (TPSA) is 99.2 Å². The number of hydrogen-bond donors (Lipinski definition) is 1. The molecule has 1 aliphatic rings. The number of nitrogens with zero attached hydrogens (tertiary/aromatic N) is 3. The van der Waals surface area contributed by atoms with Crippen molar-refractivity contribution in [3.05, 3.63) is 62.8 Å². The van der Waals surface area contributed by atoms with E-state index >= 15 is 0 Å². The Morgan fingerprint density at radius 3 is 2.94 bits per heavy atom. The van der Waals surface area contributed by atoms with Gasteiger partial charge < -0.3 is 19.1 Å². The molecule has 1 saturated carbocycles. The van der Waals surface area contributed by atoms with Crippen molar-refractivity contribution in [2.75, 3.05) is 6.61 Å². The summed E-state index contributed by atoms with van der Waals surface area (Å²) in [6.07, 6.45) is 4.64. The van der Waals surface area contributed by atoms with Gasteiger partial charge in [-0.05, 0) is 50.8 Å². The Hall–Kier alpha value is -3.10. The summed E-state index contributed by atoms with van der Waals surface area (Å²) in [5.41, 5.74) is 1.04. The van der Waals surface area contributed by atoms with Gasteiger partial charge in [0, 0.05) is 29.7 Å². The second-order valence-corrected chi connectivity index (χ2v) is 9.25. The summed E-state index contributed by atoms with van der Waals surface area (Å²) in [4.78, 5) is 30.0. The van der Waals surface area contributed by atoms with E-state index in [9.17, 15) is 9.59 Å². The lowest BCUT2D eigenvalue weighted by atomic mass is 9.90. The first-order valence-electron chi connectivity index (χ1n) is 11.0. The Labute approximate surface area is 204 Å². The molecule has 4 aromatic rings. The summed E-state index contributed by atoms with van der Waals surface area (Å²) in [6.45, 7) is 1.59. The van der Waals surface area contributed by atoms with Crippen molar-refractivity contribution in [3.63, 3.8) is 0 Å². The largest absolute Gasteiger partial charge is 0.484 e. The zero-order valence-electron chi connectivity index (χ0n) is 18.4. The second-order valence-electron chi connectivity index (χ2n) is 8.46. The molecule has 1 N–H and O–H groups in total. The molecular formula is C24H22Cl2N4O4. The van der Waals surface area contributed by atoms with Crippen LogP contribution in [-0.4, -0.2) is 33.3 Å². The molecular weight excluding hydrogens is 479 g/mol. The normalized spacial score (nSPS) is 18.3. The first-order valence-corrected chi connectivity index (χ1v) is 11.8. The molecule has 1 amide bonds. The van der Waals surface area contributed by atoms with Gasteiger partial charge in [0.25, 0.3) is 11.5 Å². The maximum Gasteiger partial charge on any atom is 0.264 e. The summed E-state index contributed by atoms with van der Waals surface area (Å²) in [6, 6.07) is 8.48. The smallest absolute Gasteiger partial charge is 0.264 e. The standard InChI is InChI=1S/C24H22Cl2N4O4/c1-13-21-23(29-34-13)22-17(25)6-3-7-18(22)30(24(21)32)15-5-2-4-14(10-15)28-20(31)12-33-16-8-9-27-19(26)11-16/h3,6-9,11,14-15H,2,4-5,10,12H2,1H3,(H,28,31)/t14-,15+/m0/s1. The number of carbonyl (C=O) groups is 1. The SMILES string of the molecule is Cc1onc2c1c(=O)n([C@@H]1CCC[C@H](NC(=O)COc3ccnc(Cl)c3)C1)c1cccc(Cl)c21. The van der Waals surface area contributed by atoms with E-state index in [1.807, 2.05) is 12.1 Å². The average molecular weight is 501 g/mol. The Kier molecular flexibility index (Phi) is 6.18. The van der Waals surface area contributed by atoms with Crippen LogP contribution in [0.4, 0.5) is 0 Å². The Bertz CT molecular complexity index is 1450. The summed E-state index contributed by atoms with van der Waals surface area (Å²) < 4.78 is 12.7. The molecule has 3 heterocycles. The van der Waals surface area contributed by atoms with E-state index in [2.05, 4.69) is 15.5 Å². The van der Waals surface area contributed by atoms with Crippen LogP contribution in [0.1, 0.15) is 37.5 Å². The van der Waals surface area contributed by atoms with Crippen LogP contribution < -0.4 is 15.6 Å². The summed E-state index contributed by atoms with van der Waals surface area (Å²) in [5.74, 6) is 0.706. The molecule has 0 saturated heterocycles. The van der Waals surface area contributed by atoms with Crippen LogP contribution in [0.3, 0.4) is 0 Å². The van der Waals surface area contributed by atoms with Crippen molar-refractivity contribution in [2.45, 2.75) is 44.7 Å². The Morgan fingerprint density at radius 2 is 2.12 bits per heavy atom. The number of pyridine rings is 2. The third kappa shape index (κ3) is 4.23. The lowest BCUT2D eigenvalue weighted by molar-refractivity contribution is -0.124. The number of fused-ring (bicyclic) bond motifs is 3. The molecule has 1 aliphatic carbocycles. The van der Waals surface area contributed by atoms with Gasteiger partial charge in [0.15, 0.2) is 6.61 Å². The fourth-order valence-electron chi connectivity index (χ4n) is 4.76. The highest BCUT2D eigenvalue weighted by Gasteiger charge is 2.28. The van der Waals surface area contributed by atoms with Crippen LogP contribution in [0.25, 0.3) is 21.8 Å². The second kappa shape index (κ2) is 9.27. The lowest BCUT2D eigenvalue weighted by Gasteiger charge is -2.32. The zero-order chi connectivity index (χ0) is 23.8. The van der Waals surface area contributed by atoms with Gasteiger partial charge in [0.2, 0.25) is 0 Å². The number of carbonyl (C=O) groups excluding carboxylic acids is 1. The van der Waals surface area contributed by atoms with Gasteiger partial charge in [0.05, 0.1) is 10.5 Å². The number of aromatic nitrogens is 3. The average Bonchev–Trinajstić information content (AvgIpc) is 3.20. The first-order chi connectivity index (χ1) is 16.4. The van der Waals surface area contributed by atoms with Gasteiger partial charge in [-0.1, -0.05) is 34.4 Å². The van der Waals surface area contributed by atoms with Gasteiger partial charge in [-0.25, -0.2) is 4.98 Å². The minimum absolute atomic E-state index is 0.0868. The van der Waals surface area contributed by atoms with Crippen molar-refractivity contribution in [1.29, 1.82) is 0 Å². The molecule has 0 spiro atoms. The molecule has 8 nitrogen and oxygen atoms in total. The maximum atomic E-state index is 13.5. The quantitative estimate of drug-likeness (QED) is 0.394. The Morgan fingerprint density at radius 1 is 1.26 bits per heavy atom. The molecule has 5 rings (SSSR count). The predicted octanol–water partition coefficient (Wildman–Crippen LogP) is 4.83. The molecule has 2 atom stereocenters. The number of benzene rings is 1. The van der Waals surface area contributed by atoms with Crippen molar-refractivity contribution >= 4 is 50.9 Å². The van der Waals surface area contributed by atoms with E-state index in [4.69, 9.17) is 32.5 Å². The van der Waals surface area contributed by atoms with Crippen LogP contribution in [0.5, 0.6) is 5.75 Å². The fraction of sp³-hybridized carbons (Fsp3) is 0.333. The van der Waals surface area contributed by atoms with Crippen LogP contribution >= 0.6 is 23.2 Å². The molecule has 10 heteroatoms. The van der Waals surface area contributed by atoms with E-state index in [1.165, 1.54) is 6.20 Å². The fourth-order valence-corrected chi connectivity index (χ4v) is 5.18. The molecule has 176 valence electrons. The van der Waals surface area contributed by atoms with E-state index in [1.54, 1.807) is 29.7 Å². The van der Waals surface area contributed by atoms with Gasteiger partial charge in [0.1, 0.15) is 27.6 Å². The summed E-state index contributed by atoms with van der Waals surface area (Å²) >= 11 is 12.4. The van der Waals surface area contributed by atoms with E-state index in [0.717, 1.165) is 19.3 Å². The minimum atomic E-state index is -0.232. The van der Waals surface area contributed by atoms with Gasteiger partial charge in [-0.3, -0.25) is 9.59 Å². The van der Waals surface area contributed by atoms with Crippen molar-refractivity contribution in [2.24, 2.45) is 0 Å². The monoisotopic (exact) mass is 500 g/mol. The van der Waals surface area contributed by atoms with Crippen molar-refractivity contribution in [1.82, 2.24) is 20.0 Å². The molecule has 0 radical (unpaired) electrons. The van der Waals surface area contributed by atoms with Crippen molar-refractivity contribution < 1.29 is 14.1 Å². The van der Waals surface area contributed by atoms with E-state index < -0.39 is 0 Å². The van der Waals surface area contributed by atoms with E-state index in [0.29, 0.717) is 49.9 Å². The number of rotatable bonds is 5. The van der Waals surface area contributed by atoms with Crippen LogP contribution in [0.15, 0.2) is 45.8 Å². The van der Waals surface area contributed by atoms with Crippen LogP contribution in [0, 0.1) is 6.92 Å².